The molecule has 34 heavy (non-hydrogen) atoms. The van der Waals surface area contributed by atoms with E-state index in [1.807, 2.05) is 17.0 Å². The third-order valence-electron chi connectivity index (χ3n) is 7.17. The van der Waals surface area contributed by atoms with Crippen molar-refractivity contribution >= 4 is 23.1 Å². The Bertz CT molecular complexity index is 979. The average Bonchev–Trinajstić information content (AvgIpc) is 2.86. The zero-order chi connectivity index (χ0) is 24.1. The van der Waals surface area contributed by atoms with Gasteiger partial charge in [0.05, 0.1) is 12.8 Å². The maximum Gasteiger partial charge on any atom is 0.321 e. The van der Waals surface area contributed by atoms with Crippen molar-refractivity contribution in [2.75, 3.05) is 81.1 Å². The van der Waals surface area contributed by atoms with E-state index < -0.39 is 0 Å². The van der Waals surface area contributed by atoms with Crippen molar-refractivity contribution < 1.29 is 9.53 Å². The first-order valence-electron chi connectivity index (χ1n) is 12.5. The first-order chi connectivity index (χ1) is 16.5. The van der Waals surface area contributed by atoms with E-state index in [1.54, 1.807) is 7.11 Å². The molecule has 2 aromatic carbocycles. The first-order valence-corrected chi connectivity index (χ1v) is 12.5. The number of methoxy groups -OCH3 is 1. The Morgan fingerprint density at radius 1 is 0.912 bits per heavy atom. The van der Waals surface area contributed by atoms with Crippen LogP contribution in [0.2, 0.25) is 0 Å². The van der Waals surface area contributed by atoms with Gasteiger partial charge in [0.1, 0.15) is 5.75 Å². The van der Waals surface area contributed by atoms with Gasteiger partial charge in [-0.25, -0.2) is 4.79 Å². The molecule has 7 heteroatoms. The third kappa shape index (κ3) is 5.41. The summed E-state index contributed by atoms with van der Waals surface area (Å²) in [7, 11) is 1.71. The van der Waals surface area contributed by atoms with Crippen LogP contribution >= 0.6 is 0 Å². The molecule has 2 saturated heterocycles. The van der Waals surface area contributed by atoms with Gasteiger partial charge in [0.15, 0.2) is 0 Å². The molecular formula is C27H39N5O2. The largest absolute Gasteiger partial charge is 0.495 e. The summed E-state index contributed by atoms with van der Waals surface area (Å²) in [4.78, 5) is 22.2. The second-order valence-corrected chi connectivity index (χ2v) is 9.34. The highest BCUT2D eigenvalue weighted by atomic mass is 16.5. The van der Waals surface area contributed by atoms with Crippen LogP contribution in [0, 0.1) is 13.8 Å². The first kappa shape index (κ1) is 24.2. The van der Waals surface area contributed by atoms with Gasteiger partial charge in [-0.3, -0.25) is 4.90 Å². The number of hydrogen-bond donors (Lipinski definition) is 1. The summed E-state index contributed by atoms with van der Waals surface area (Å²) in [6, 6.07) is 12.3. The summed E-state index contributed by atoms with van der Waals surface area (Å²) < 4.78 is 5.64. The predicted octanol–water partition coefficient (Wildman–Crippen LogP) is 4.20. The van der Waals surface area contributed by atoms with E-state index in [9.17, 15) is 4.79 Å². The molecule has 0 bridgehead atoms. The van der Waals surface area contributed by atoms with Gasteiger partial charge in [-0.1, -0.05) is 19.1 Å². The van der Waals surface area contributed by atoms with Crippen LogP contribution < -0.4 is 19.9 Å². The number of nitrogens with one attached hydrogen (secondary N) is 1. The molecule has 0 radical (unpaired) electrons. The van der Waals surface area contributed by atoms with Crippen LogP contribution in [0.3, 0.4) is 0 Å². The fraction of sp³-hybridized carbons (Fsp3) is 0.519. The molecular weight excluding hydrogens is 426 g/mol. The summed E-state index contributed by atoms with van der Waals surface area (Å²) >= 11 is 0. The van der Waals surface area contributed by atoms with Gasteiger partial charge in [0, 0.05) is 63.7 Å². The molecule has 0 atom stereocenters. The van der Waals surface area contributed by atoms with Crippen molar-refractivity contribution in [3.05, 3.63) is 47.5 Å². The molecule has 2 aromatic rings. The predicted molar refractivity (Wildman–Crippen MR) is 141 cm³/mol. The number of hydrogen-bond acceptors (Lipinski definition) is 5. The highest BCUT2D eigenvalue weighted by Crippen LogP contribution is 2.32. The number of amides is 2. The van der Waals surface area contributed by atoms with E-state index >= 15 is 0 Å². The number of carbonyl (C=O) groups excluding carboxylic acids is 1. The lowest BCUT2D eigenvalue weighted by molar-refractivity contribution is 0.208. The smallest absolute Gasteiger partial charge is 0.321 e. The lowest BCUT2D eigenvalue weighted by Crippen LogP contribution is -2.50. The Morgan fingerprint density at radius 2 is 1.59 bits per heavy atom. The van der Waals surface area contributed by atoms with E-state index in [2.05, 4.69) is 65.1 Å². The Balaban J connectivity index is 1.37. The number of rotatable bonds is 6. The maximum absolute atomic E-state index is 13.0. The molecule has 7 nitrogen and oxygen atoms in total. The molecule has 2 heterocycles. The molecule has 0 saturated carbocycles. The van der Waals surface area contributed by atoms with E-state index in [0.29, 0.717) is 13.1 Å². The fourth-order valence-electron chi connectivity index (χ4n) is 4.97. The SMILES string of the molecule is CCCN1CCN(c2cc(NC(=O)N3CCN(c4cccc(C)c4C)CC3)ccc2OC)CC1. The molecule has 2 aliphatic rings. The standard InChI is InChI=1S/C27H39N5O2/c1-5-11-29-12-14-31(15-13-29)25-20-23(9-10-26(25)34-4)28-27(33)32-18-16-30(17-19-32)24-8-6-7-21(2)22(24)3/h6-10,20H,5,11-19H2,1-4H3,(H,28,33). The summed E-state index contributed by atoms with van der Waals surface area (Å²) in [5.41, 5.74) is 5.77. The highest BCUT2D eigenvalue weighted by molar-refractivity contribution is 5.90. The number of anilines is 3. The van der Waals surface area contributed by atoms with Gasteiger partial charge < -0.3 is 24.8 Å². The summed E-state index contributed by atoms with van der Waals surface area (Å²) in [5.74, 6) is 0.851. The lowest BCUT2D eigenvalue weighted by atomic mass is 10.1. The third-order valence-corrected chi connectivity index (χ3v) is 7.17. The Morgan fingerprint density at radius 3 is 2.26 bits per heavy atom. The van der Waals surface area contributed by atoms with Crippen LogP contribution in [0.25, 0.3) is 0 Å². The quantitative estimate of drug-likeness (QED) is 0.693. The van der Waals surface area contributed by atoms with Crippen molar-refractivity contribution in [3.8, 4) is 5.75 Å². The van der Waals surface area contributed by atoms with Crippen LogP contribution in [0.1, 0.15) is 24.5 Å². The molecule has 0 aromatic heterocycles. The number of nitrogens with zero attached hydrogens (tertiary/aromatic N) is 4. The molecule has 2 amide bonds. The van der Waals surface area contributed by atoms with E-state index in [-0.39, 0.29) is 6.03 Å². The van der Waals surface area contributed by atoms with Crippen LogP contribution in [0.15, 0.2) is 36.4 Å². The topological polar surface area (TPSA) is 51.3 Å². The molecule has 1 N–H and O–H groups in total. The second kappa shape index (κ2) is 11.0. The number of carbonyl (C=O) groups is 1. The van der Waals surface area contributed by atoms with Gasteiger partial charge in [-0.2, -0.15) is 0 Å². The van der Waals surface area contributed by atoms with Crippen molar-refractivity contribution in [2.45, 2.75) is 27.2 Å². The van der Waals surface area contributed by atoms with E-state index in [1.165, 1.54) is 23.2 Å². The maximum atomic E-state index is 13.0. The van der Waals surface area contributed by atoms with Crippen LogP contribution in [-0.2, 0) is 0 Å². The molecule has 184 valence electrons. The zero-order valence-corrected chi connectivity index (χ0v) is 21.1. The molecule has 0 aliphatic carbocycles. The van der Waals surface area contributed by atoms with Crippen molar-refractivity contribution in [1.29, 1.82) is 0 Å². The van der Waals surface area contributed by atoms with Crippen LogP contribution in [-0.4, -0.2) is 81.8 Å². The van der Waals surface area contributed by atoms with Gasteiger partial charge in [-0.15, -0.1) is 0 Å². The van der Waals surface area contributed by atoms with E-state index in [4.69, 9.17) is 4.74 Å². The highest BCUT2D eigenvalue weighted by Gasteiger charge is 2.24. The molecule has 2 aliphatic heterocycles. The molecule has 0 unspecified atom stereocenters. The minimum atomic E-state index is -0.0375. The van der Waals surface area contributed by atoms with Gasteiger partial charge in [-0.05, 0) is 62.2 Å². The molecule has 0 spiro atoms. The van der Waals surface area contributed by atoms with Crippen LogP contribution in [0.4, 0.5) is 21.9 Å². The fourth-order valence-corrected chi connectivity index (χ4v) is 4.97. The lowest BCUT2D eigenvalue weighted by Gasteiger charge is -2.37. The van der Waals surface area contributed by atoms with Crippen molar-refractivity contribution in [3.63, 3.8) is 0 Å². The molecule has 4 rings (SSSR count). The number of ether oxygens (including phenoxy) is 1. The van der Waals surface area contributed by atoms with E-state index in [0.717, 1.165) is 62.9 Å². The Kier molecular flexibility index (Phi) is 7.83. The van der Waals surface area contributed by atoms with Crippen molar-refractivity contribution in [1.82, 2.24) is 9.80 Å². The summed E-state index contributed by atoms with van der Waals surface area (Å²) in [6.45, 7) is 14.8. The van der Waals surface area contributed by atoms with Gasteiger partial charge >= 0.3 is 6.03 Å². The minimum Gasteiger partial charge on any atom is -0.495 e. The Hall–Kier alpha value is -2.93. The monoisotopic (exact) mass is 465 g/mol. The van der Waals surface area contributed by atoms with Crippen LogP contribution in [0.5, 0.6) is 5.75 Å². The zero-order valence-electron chi connectivity index (χ0n) is 21.1. The number of aryl methyl sites for hydroxylation is 1. The summed E-state index contributed by atoms with van der Waals surface area (Å²) in [6.07, 6.45) is 1.18. The number of benzene rings is 2. The molecule has 2 fully saturated rings. The Labute approximate surface area is 204 Å². The number of urea groups is 1. The summed E-state index contributed by atoms with van der Waals surface area (Å²) in [5, 5.41) is 3.12. The number of piperazine rings is 2. The average molecular weight is 466 g/mol. The second-order valence-electron chi connectivity index (χ2n) is 9.34. The van der Waals surface area contributed by atoms with Gasteiger partial charge in [0.25, 0.3) is 0 Å². The minimum absolute atomic E-state index is 0.0375. The van der Waals surface area contributed by atoms with Gasteiger partial charge in [0.2, 0.25) is 0 Å². The van der Waals surface area contributed by atoms with Crippen molar-refractivity contribution in [2.24, 2.45) is 0 Å². The normalized spacial score (nSPS) is 17.1.